The highest BCUT2D eigenvalue weighted by molar-refractivity contribution is 9.11. The first-order valence-corrected chi connectivity index (χ1v) is 9.00. The fraction of sp³-hybridized carbons (Fsp3) is 0.286. The lowest BCUT2D eigenvalue weighted by atomic mass is 9.97. The van der Waals surface area contributed by atoms with Gasteiger partial charge in [-0.15, -0.1) is 0 Å². The first-order chi connectivity index (χ1) is 7.92. The van der Waals surface area contributed by atoms with E-state index in [0.717, 1.165) is 6.42 Å². The minimum absolute atomic E-state index is 0.389. The molecule has 1 nitrogen and oxygen atoms in total. The second-order valence-electron chi connectivity index (χ2n) is 4.76. The van der Waals surface area contributed by atoms with Gasteiger partial charge in [0.1, 0.15) is 11.2 Å². The van der Waals surface area contributed by atoms with Crippen molar-refractivity contribution in [3.05, 3.63) is 54.1 Å². The van der Waals surface area contributed by atoms with Gasteiger partial charge >= 0.3 is 0 Å². The molecule has 17 heavy (non-hydrogen) atoms. The van der Waals surface area contributed by atoms with E-state index in [-0.39, 0.29) is 4.07 Å². The molecule has 3 heteroatoms. The van der Waals surface area contributed by atoms with Crippen molar-refractivity contribution in [3.8, 4) is 0 Å². The third-order valence-electron chi connectivity index (χ3n) is 3.13. The van der Waals surface area contributed by atoms with Crippen molar-refractivity contribution in [1.82, 2.24) is 0 Å². The Bertz CT molecular complexity index is 512. The molecule has 0 radical (unpaired) electrons. The second-order valence-corrected chi connectivity index (χ2v) is 10.3. The van der Waals surface area contributed by atoms with E-state index in [9.17, 15) is 4.57 Å². The molecule has 0 saturated carbocycles. The zero-order chi connectivity index (χ0) is 12.5. The zero-order valence-electron chi connectivity index (χ0n) is 10.1. The lowest BCUT2D eigenvalue weighted by Crippen LogP contribution is -2.19. The molecule has 0 aromatic heterocycles. The first-order valence-electron chi connectivity index (χ1n) is 5.60. The summed E-state index contributed by atoms with van der Waals surface area (Å²) in [6.45, 7) is 3.67. The van der Waals surface area contributed by atoms with E-state index in [4.69, 9.17) is 0 Å². The van der Waals surface area contributed by atoms with E-state index >= 15 is 0 Å². The number of halogens is 1. The van der Waals surface area contributed by atoms with Crippen LogP contribution >= 0.6 is 23.1 Å². The fourth-order valence-electron chi connectivity index (χ4n) is 1.92. The second kappa shape index (κ2) is 4.59. The maximum atomic E-state index is 12.3. The molecule has 0 fully saturated rings. The average molecular weight is 311 g/mol. The van der Waals surface area contributed by atoms with Crippen LogP contribution in [0.5, 0.6) is 0 Å². The molecular formula is C14H16BrOP. The van der Waals surface area contributed by atoms with E-state index in [2.05, 4.69) is 34.1 Å². The summed E-state index contributed by atoms with van der Waals surface area (Å²) < 4.78 is 12.0. The maximum Gasteiger partial charge on any atom is 0.102 e. The van der Waals surface area contributed by atoms with Crippen LogP contribution in [0.25, 0.3) is 5.57 Å². The molecule has 1 atom stereocenters. The van der Waals surface area contributed by atoms with E-state index < -0.39 is 7.14 Å². The minimum Gasteiger partial charge on any atom is -0.322 e. The first kappa shape index (κ1) is 12.9. The summed E-state index contributed by atoms with van der Waals surface area (Å²) in [6, 6.07) is 10.3. The number of allylic oxidation sites excluding steroid dienone is 4. The Hall–Kier alpha value is -0.590. The van der Waals surface area contributed by atoms with Gasteiger partial charge in [-0.3, -0.25) is 0 Å². The van der Waals surface area contributed by atoms with Gasteiger partial charge in [0.2, 0.25) is 0 Å². The van der Waals surface area contributed by atoms with Crippen molar-refractivity contribution in [1.29, 1.82) is 0 Å². The molecule has 0 saturated heterocycles. The van der Waals surface area contributed by atoms with Crippen molar-refractivity contribution in [2.45, 2.75) is 10.5 Å². The highest BCUT2D eigenvalue weighted by atomic mass is 79.9. The molecule has 1 unspecified atom stereocenters. The van der Waals surface area contributed by atoms with E-state index in [0.29, 0.717) is 0 Å². The normalized spacial score (nSPS) is 24.5. The molecule has 1 aliphatic rings. The third kappa shape index (κ3) is 2.64. The largest absolute Gasteiger partial charge is 0.322 e. The van der Waals surface area contributed by atoms with Crippen LogP contribution in [-0.4, -0.2) is 17.4 Å². The van der Waals surface area contributed by atoms with E-state index in [1.54, 1.807) is 0 Å². The van der Waals surface area contributed by atoms with Gasteiger partial charge in [-0.25, -0.2) is 0 Å². The standard InChI is InChI=1S/C14H16BrOP/c1-17(2,16)14(15)10-6-9-13(11-14)12-7-4-3-5-8-12/h3-10H,11H2,1-2H3. The molecule has 0 N–H and O–H groups in total. The highest BCUT2D eigenvalue weighted by Crippen LogP contribution is 2.61. The molecule has 1 aromatic rings. The third-order valence-corrected chi connectivity index (χ3v) is 8.33. The molecule has 1 aliphatic carbocycles. The van der Waals surface area contributed by atoms with Gasteiger partial charge in [0, 0.05) is 0 Å². The summed E-state index contributed by atoms with van der Waals surface area (Å²) in [5, 5.41) is 0. The highest BCUT2D eigenvalue weighted by Gasteiger charge is 2.38. The molecule has 0 heterocycles. The summed E-state index contributed by atoms with van der Waals surface area (Å²) >= 11 is 3.66. The molecule has 0 bridgehead atoms. The van der Waals surface area contributed by atoms with Gasteiger partial charge in [0.15, 0.2) is 0 Å². The molecule has 0 amide bonds. The number of hydrogen-bond donors (Lipinski definition) is 0. The molecular weight excluding hydrogens is 295 g/mol. The van der Waals surface area contributed by atoms with Crippen LogP contribution < -0.4 is 0 Å². The van der Waals surface area contributed by atoms with Gasteiger partial charge in [-0.1, -0.05) is 64.5 Å². The van der Waals surface area contributed by atoms with Crippen LogP contribution in [-0.2, 0) is 4.57 Å². The Morgan fingerprint density at radius 3 is 2.47 bits per heavy atom. The number of hydrogen-bond acceptors (Lipinski definition) is 1. The average Bonchev–Trinajstić information content (AvgIpc) is 2.29. The summed E-state index contributed by atoms with van der Waals surface area (Å²) in [7, 11) is -2.22. The van der Waals surface area contributed by atoms with Crippen molar-refractivity contribution < 1.29 is 4.57 Å². The van der Waals surface area contributed by atoms with Gasteiger partial charge in [-0.05, 0) is 30.9 Å². The molecule has 0 spiro atoms. The predicted molar refractivity (Wildman–Crippen MR) is 79.3 cm³/mol. The van der Waals surface area contributed by atoms with Crippen LogP contribution in [0.1, 0.15) is 12.0 Å². The number of rotatable bonds is 2. The van der Waals surface area contributed by atoms with Crippen LogP contribution in [0, 0.1) is 0 Å². The monoisotopic (exact) mass is 310 g/mol. The SMILES string of the molecule is CP(C)(=O)C1(Br)C=CC=C(c2ccccc2)C1. The van der Waals surface area contributed by atoms with Crippen LogP contribution in [0.15, 0.2) is 48.6 Å². The summed E-state index contributed by atoms with van der Waals surface area (Å²) in [5.41, 5.74) is 2.43. The van der Waals surface area contributed by atoms with Crippen molar-refractivity contribution in [2.75, 3.05) is 13.3 Å². The lowest BCUT2D eigenvalue weighted by Gasteiger charge is -2.31. The van der Waals surface area contributed by atoms with Gasteiger partial charge in [0.05, 0.1) is 0 Å². The van der Waals surface area contributed by atoms with E-state index in [1.165, 1.54) is 11.1 Å². The smallest absolute Gasteiger partial charge is 0.102 e. The molecule has 90 valence electrons. The lowest BCUT2D eigenvalue weighted by molar-refractivity contribution is 0.575. The Morgan fingerprint density at radius 2 is 1.88 bits per heavy atom. The van der Waals surface area contributed by atoms with Crippen LogP contribution in [0.2, 0.25) is 0 Å². The Labute approximate surface area is 111 Å². The molecule has 1 aromatic carbocycles. The zero-order valence-corrected chi connectivity index (χ0v) is 12.5. The molecule has 2 rings (SSSR count). The predicted octanol–water partition coefficient (Wildman–Crippen LogP) is 4.74. The minimum atomic E-state index is -2.22. The topological polar surface area (TPSA) is 17.1 Å². The fourth-order valence-corrected chi connectivity index (χ4v) is 3.37. The Morgan fingerprint density at radius 1 is 1.24 bits per heavy atom. The number of alkyl halides is 1. The molecule has 0 aliphatic heterocycles. The van der Waals surface area contributed by atoms with E-state index in [1.807, 2.05) is 43.7 Å². The van der Waals surface area contributed by atoms with Gasteiger partial charge < -0.3 is 4.57 Å². The van der Waals surface area contributed by atoms with Crippen molar-refractivity contribution >= 4 is 28.6 Å². The Kier molecular flexibility index (Phi) is 3.47. The Balaban J connectivity index is 2.34. The summed E-state index contributed by atoms with van der Waals surface area (Å²) in [6.07, 6.45) is 6.89. The van der Waals surface area contributed by atoms with Crippen molar-refractivity contribution in [2.24, 2.45) is 0 Å². The van der Waals surface area contributed by atoms with Crippen LogP contribution in [0.3, 0.4) is 0 Å². The van der Waals surface area contributed by atoms with Gasteiger partial charge in [0.25, 0.3) is 0 Å². The quantitative estimate of drug-likeness (QED) is 0.569. The summed E-state index contributed by atoms with van der Waals surface area (Å²) in [4.78, 5) is 0. The number of benzene rings is 1. The van der Waals surface area contributed by atoms with Crippen molar-refractivity contribution in [3.63, 3.8) is 0 Å². The summed E-state index contributed by atoms with van der Waals surface area (Å²) in [5.74, 6) is 0. The van der Waals surface area contributed by atoms with Crippen LogP contribution in [0.4, 0.5) is 0 Å². The maximum absolute atomic E-state index is 12.3. The van der Waals surface area contributed by atoms with Gasteiger partial charge in [-0.2, -0.15) is 0 Å².